The quantitative estimate of drug-likeness (QED) is 0.712. The summed E-state index contributed by atoms with van der Waals surface area (Å²) in [4.78, 5) is 12.7. The smallest absolute Gasteiger partial charge is 0.173 e. The number of halogens is 1. The van der Waals surface area contributed by atoms with Crippen LogP contribution in [0, 0.1) is 0 Å². The predicted molar refractivity (Wildman–Crippen MR) is 84.9 cm³/mol. The Bertz CT molecular complexity index is 791. The van der Waals surface area contributed by atoms with Crippen LogP contribution in [-0.2, 0) is 12.8 Å². The van der Waals surface area contributed by atoms with Crippen LogP contribution in [0.2, 0.25) is 0 Å². The van der Waals surface area contributed by atoms with E-state index in [2.05, 4.69) is 20.9 Å². The molecular formula is C13H10BrN3S2. The maximum absolute atomic E-state index is 6.17. The molecule has 0 aromatic carbocycles. The van der Waals surface area contributed by atoms with Crippen molar-refractivity contribution >= 4 is 54.6 Å². The lowest BCUT2D eigenvalue weighted by molar-refractivity contribution is 0.917. The Hall–Kier alpha value is -0.980. The number of hydrogen-bond donors (Lipinski definition) is 1. The van der Waals surface area contributed by atoms with Crippen molar-refractivity contribution in [3.8, 4) is 10.7 Å². The van der Waals surface area contributed by atoms with Crippen molar-refractivity contribution < 1.29 is 0 Å². The molecule has 0 bridgehead atoms. The fourth-order valence-corrected chi connectivity index (χ4v) is 5.16. The van der Waals surface area contributed by atoms with Crippen molar-refractivity contribution in [2.75, 3.05) is 5.73 Å². The molecule has 1 aliphatic carbocycles. The van der Waals surface area contributed by atoms with E-state index in [9.17, 15) is 0 Å². The van der Waals surface area contributed by atoms with Crippen LogP contribution in [-0.4, -0.2) is 9.97 Å². The second-order valence-electron chi connectivity index (χ2n) is 4.57. The molecule has 0 spiro atoms. The van der Waals surface area contributed by atoms with Gasteiger partial charge in [-0.25, -0.2) is 9.97 Å². The van der Waals surface area contributed by atoms with Crippen molar-refractivity contribution in [3.05, 3.63) is 26.4 Å². The van der Waals surface area contributed by atoms with Crippen molar-refractivity contribution in [2.24, 2.45) is 0 Å². The second kappa shape index (κ2) is 4.26. The van der Waals surface area contributed by atoms with Gasteiger partial charge in [-0.05, 0) is 52.9 Å². The van der Waals surface area contributed by atoms with Gasteiger partial charge in [-0.2, -0.15) is 0 Å². The Morgan fingerprint density at radius 1 is 1.16 bits per heavy atom. The van der Waals surface area contributed by atoms with Gasteiger partial charge in [0.1, 0.15) is 10.6 Å². The molecule has 0 unspecified atom stereocenters. The van der Waals surface area contributed by atoms with Crippen molar-refractivity contribution in [1.29, 1.82) is 0 Å². The number of nitrogens with zero attached hydrogens (tertiary/aromatic N) is 2. The summed E-state index contributed by atoms with van der Waals surface area (Å²) in [6, 6.07) is 4.04. The van der Waals surface area contributed by atoms with Gasteiger partial charge in [-0.3, -0.25) is 0 Å². The number of aryl methyl sites for hydroxylation is 2. The summed E-state index contributed by atoms with van der Waals surface area (Å²) in [5, 5.41) is 1.09. The summed E-state index contributed by atoms with van der Waals surface area (Å²) >= 11 is 6.88. The van der Waals surface area contributed by atoms with Crippen LogP contribution in [0.1, 0.15) is 16.9 Å². The Balaban J connectivity index is 1.96. The molecule has 0 saturated carbocycles. The van der Waals surface area contributed by atoms with Crippen LogP contribution in [0.25, 0.3) is 20.9 Å². The highest BCUT2D eigenvalue weighted by molar-refractivity contribution is 9.11. The van der Waals surface area contributed by atoms with Crippen molar-refractivity contribution in [2.45, 2.75) is 19.3 Å². The molecule has 6 heteroatoms. The highest BCUT2D eigenvalue weighted by Gasteiger charge is 2.21. The van der Waals surface area contributed by atoms with Gasteiger partial charge in [0.15, 0.2) is 5.82 Å². The summed E-state index contributed by atoms with van der Waals surface area (Å²) in [6.45, 7) is 0. The molecule has 4 rings (SSSR count). The monoisotopic (exact) mass is 351 g/mol. The Morgan fingerprint density at radius 3 is 2.84 bits per heavy atom. The molecule has 1 aliphatic rings. The van der Waals surface area contributed by atoms with Gasteiger partial charge >= 0.3 is 0 Å². The first-order valence-electron chi connectivity index (χ1n) is 6.06. The number of rotatable bonds is 1. The van der Waals surface area contributed by atoms with Gasteiger partial charge in [0.2, 0.25) is 0 Å². The van der Waals surface area contributed by atoms with E-state index in [-0.39, 0.29) is 0 Å². The molecule has 3 aromatic rings. The van der Waals surface area contributed by atoms with Gasteiger partial charge in [-0.15, -0.1) is 22.7 Å². The molecule has 3 heterocycles. The van der Waals surface area contributed by atoms with Crippen LogP contribution < -0.4 is 5.73 Å². The fourth-order valence-electron chi connectivity index (χ4n) is 2.57. The third-order valence-electron chi connectivity index (χ3n) is 3.39. The van der Waals surface area contributed by atoms with Crippen LogP contribution >= 0.6 is 38.6 Å². The van der Waals surface area contributed by atoms with Gasteiger partial charge in [0, 0.05) is 4.88 Å². The number of thiophene rings is 2. The summed E-state index contributed by atoms with van der Waals surface area (Å²) in [5.41, 5.74) is 7.55. The van der Waals surface area contributed by atoms with E-state index in [0.717, 1.165) is 37.5 Å². The number of nitrogen functional groups attached to an aromatic ring is 1. The number of fused-ring (bicyclic) bond motifs is 3. The zero-order chi connectivity index (χ0) is 13.0. The first kappa shape index (κ1) is 11.8. The minimum absolute atomic E-state index is 0.629. The second-order valence-corrected chi connectivity index (χ2v) is 8.12. The molecule has 3 nitrogen and oxygen atoms in total. The van der Waals surface area contributed by atoms with Crippen molar-refractivity contribution in [1.82, 2.24) is 9.97 Å². The maximum atomic E-state index is 6.17. The third-order valence-corrected chi connectivity index (χ3v) is 6.19. The van der Waals surface area contributed by atoms with E-state index in [0.29, 0.717) is 5.82 Å². The standard InChI is InChI=1S/C13H10BrN3S2/c14-9-5-4-8(18-9)12-16-11(15)10-6-2-1-3-7(6)19-13(10)17-12/h4-5H,1-3H2,(H2,15,16,17). The number of hydrogen-bond acceptors (Lipinski definition) is 5. The lowest BCUT2D eigenvalue weighted by atomic mass is 10.2. The van der Waals surface area contributed by atoms with Crippen LogP contribution in [0.15, 0.2) is 15.9 Å². The zero-order valence-corrected chi connectivity index (χ0v) is 13.2. The summed E-state index contributed by atoms with van der Waals surface area (Å²) in [5.74, 6) is 1.37. The molecular weight excluding hydrogens is 342 g/mol. The number of anilines is 1. The molecule has 2 N–H and O–H groups in total. The topological polar surface area (TPSA) is 51.8 Å². The molecule has 0 radical (unpaired) electrons. The van der Waals surface area contributed by atoms with Gasteiger partial charge in [0.25, 0.3) is 0 Å². The van der Waals surface area contributed by atoms with Gasteiger partial charge in [0.05, 0.1) is 14.0 Å². The van der Waals surface area contributed by atoms with Crippen LogP contribution in [0.4, 0.5) is 5.82 Å². The molecule has 0 fully saturated rings. The Labute approximate surface area is 126 Å². The highest BCUT2D eigenvalue weighted by Crippen LogP contribution is 2.40. The molecule has 0 amide bonds. The number of nitrogens with two attached hydrogens (primary N) is 1. The van der Waals surface area contributed by atoms with Crippen LogP contribution in [0.5, 0.6) is 0 Å². The maximum Gasteiger partial charge on any atom is 0.173 e. The SMILES string of the molecule is Nc1nc(-c2ccc(Br)s2)nc2sc3c(c12)CCC3. The molecule has 96 valence electrons. The summed E-state index contributed by atoms with van der Waals surface area (Å²) < 4.78 is 1.08. The van der Waals surface area contributed by atoms with E-state index in [1.807, 2.05) is 12.1 Å². The van der Waals surface area contributed by atoms with E-state index in [1.54, 1.807) is 22.7 Å². The predicted octanol–water partition coefficient (Wildman–Crippen LogP) is 4.25. The summed E-state index contributed by atoms with van der Waals surface area (Å²) in [6.07, 6.45) is 3.51. The zero-order valence-electron chi connectivity index (χ0n) is 9.94. The van der Waals surface area contributed by atoms with E-state index < -0.39 is 0 Å². The first-order chi connectivity index (χ1) is 9.22. The van der Waals surface area contributed by atoms with E-state index in [4.69, 9.17) is 10.7 Å². The Kier molecular flexibility index (Phi) is 2.65. The highest BCUT2D eigenvalue weighted by atomic mass is 79.9. The normalized spacial score (nSPS) is 14.2. The minimum Gasteiger partial charge on any atom is -0.383 e. The molecule has 0 saturated heterocycles. The Morgan fingerprint density at radius 2 is 2.05 bits per heavy atom. The summed E-state index contributed by atoms with van der Waals surface area (Å²) in [7, 11) is 0. The van der Waals surface area contributed by atoms with E-state index in [1.165, 1.54) is 16.9 Å². The average Bonchev–Trinajstić information content (AvgIpc) is 3.02. The van der Waals surface area contributed by atoms with Crippen molar-refractivity contribution in [3.63, 3.8) is 0 Å². The largest absolute Gasteiger partial charge is 0.383 e. The minimum atomic E-state index is 0.629. The molecule has 3 aromatic heterocycles. The van der Waals surface area contributed by atoms with E-state index >= 15 is 0 Å². The molecule has 19 heavy (non-hydrogen) atoms. The van der Waals surface area contributed by atoms with Crippen LogP contribution in [0.3, 0.4) is 0 Å². The average molecular weight is 352 g/mol. The molecule has 0 atom stereocenters. The third kappa shape index (κ3) is 1.81. The molecule has 0 aliphatic heterocycles. The first-order valence-corrected chi connectivity index (χ1v) is 8.48. The fraction of sp³-hybridized carbons (Fsp3) is 0.231. The van der Waals surface area contributed by atoms with Gasteiger partial charge in [-0.1, -0.05) is 0 Å². The lowest BCUT2D eigenvalue weighted by Crippen LogP contribution is -1.96. The number of aromatic nitrogens is 2. The lowest BCUT2D eigenvalue weighted by Gasteiger charge is -2.01. The van der Waals surface area contributed by atoms with Gasteiger partial charge < -0.3 is 5.73 Å².